The fraction of sp³-hybridized carbons (Fsp3) is 0.250. The molecule has 0 fully saturated rings. The average Bonchev–Trinajstić information content (AvgIpc) is 2.41. The van der Waals surface area contributed by atoms with E-state index in [1.54, 1.807) is 7.11 Å². The smallest absolute Gasteiger partial charge is 0.123 e. The zero-order valence-electron chi connectivity index (χ0n) is 11.2. The van der Waals surface area contributed by atoms with Gasteiger partial charge in [0, 0.05) is 16.1 Å². The Morgan fingerprint density at radius 3 is 2.63 bits per heavy atom. The fourth-order valence-electron chi connectivity index (χ4n) is 2.14. The third kappa shape index (κ3) is 3.37. The largest absolute Gasteiger partial charge is 0.496 e. The minimum Gasteiger partial charge on any atom is -0.496 e. The molecule has 1 unspecified atom stereocenters. The second-order valence-corrected chi connectivity index (χ2v) is 5.50. The molecule has 1 atom stereocenters. The number of rotatable bonds is 4. The number of hydrogen-bond acceptors (Lipinski definition) is 2. The van der Waals surface area contributed by atoms with E-state index in [0.29, 0.717) is 0 Å². The minimum atomic E-state index is -0.0748. The Labute approximate surface area is 122 Å². The molecule has 3 heteroatoms. The molecule has 2 aromatic rings. The summed E-state index contributed by atoms with van der Waals surface area (Å²) < 4.78 is 6.52. The summed E-state index contributed by atoms with van der Waals surface area (Å²) in [5.41, 5.74) is 9.75. The molecule has 100 valence electrons. The van der Waals surface area contributed by atoms with Crippen LogP contribution in [0, 0.1) is 6.92 Å². The summed E-state index contributed by atoms with van der Waals surface area (Å²) >= 11 is 3.56. The van der Waals surface area contributed by atoms with Gasteiger partial charge in [0.1, 0.15) is 5.75 Å². The maximum atomic E-state index is 6.32. The minimum absolute atomic E-state index is 0.0748. The third-order valence-electron chi connectivity index (χ3n) is 3.19. The van der Waals surface area contributed by atoms with Crippen LogP contribution in [0.25, 0.3) is 0 Å². The Kier molecular flexibility index (Phi) is 4.61. The van der Waals surface area contributed by atoms with E-state index in [-0.39, 0.29) is 6.04 Å². The van der Waals surface area contributed by atoms with Crippen LogP contribution in [0.3, 0.4) is 0 Å². The summed E-state index contributed by atoms with van der Waals surface area (Å²) in [5.74, 6) is 0.861. The van der Waals surface area contributed by atoms with Crippen LogP contribution >= 0.6 is 15.9 Å². The number of methoxy groups -OCH3 is 1. The van der Waals surface area contributed by atoms with Crippen LogP contribution in [0.5, 0.6) is 5.75 Å². The molecule has 0 saturated heterocycles. The van der Waals surface area contributed by atoms with Crippen molar-refractivity contribution in [3.05, 3.63) is 63.6 Å². The van der Waals surface area contributed by atoms with Gasteiger partial charge in [-0.1, -0.05) is 46.3 Å². The lowest BCUT2D eigenvalue weighted by Crippen LogP contribution is -2.14. The lowest BCUT2D eigenvalue weighted by Gasteiger charge is -2.17. The Bertz CT molecular complexity index is 568. The molecule has 0 aliphatic rings. The number of nitrogens with two attached hydrogens (primary N) is 1. The van der Waals surface area contributed by atoms with Gasteiger partial charge in [0.25, 0.3) is 0 Å². The molecule has 0 aromatic heterocycles. The highest BCUT2D eigenvalue weighted by molar-refractivity contribution is 9.10. The van der Waals surface area contributed by atoms with Crippen LogP contribution in [0.15, 0.2) is 46.9 Å². The molecule has 0 saturated carbocycles. The third-order valence-corrected chi connectivity index (χ3v) is 3.96. The quantitative estimate of drug-likeness (QED) is 0.924. The summed E-state index contributed by atoms with van der Waals surface area (Å²) in [5, 5.41) is 0. The molecule has 0 amide bonds. The maximum Gasteiger partial charge on any atom is 0.123 e. The summed E-state index contributed by atoms with van der Waals surface area (Å²) in [6, 6.07) is 14.2. The molecule has 2 nitrogen and oxygen atoms in total. The molecule has 0 heterocycles. The highest BCUT2D eigenvalue weighted by atomic mass is 79.9. The molecule has 0 spiro atoms. The van der Waals surface area contributed by atoms with Crippen molar-refractivity contribution in [2.75, 3.05) is 7.11 Å². The molecule has 2 aromatic carbocycles. The molecule has 19 heavy (non-hydrogen) atoms. The molecular formula is C16H18BrNO. The molecule has 2 N–H and O–H groups in total. The first-order valence-electron chi connectivity index (χ1n) is 6.25. The first-order valence-corrected chi connectivity index (χ1v) is 7.04. The lowest BCUT2D eigenvalue weighted by molar-refractivity contribution is 0.405. The predicted molar refractivity (Wildman–Crippen MR) is 82.5 cm³/mol. The maximum absolute atomic E-state index is 6.32. The SMILES string of the molecule is COc1cc(C)ccc1C(N)Cc1ccccc1Br. The fourth-order valence-corrected chi connectivity index (χ4v) is 2.58. The molecular weight excluding hydrogens is 302 g/mol. The van der Waals surface area contributed by atoms with Crippen molar-refractivity contribution < 1.29 is 4.74 Å². The second-order valence-electron chi connectivity index (χ2n) is 4.65. The zero-order valence-corrected chi connectivity index (χ0v) is 12.8. The number of ether oxygens (including phenoxy) is 1. The van der Waals surface area contributed by atoms with Gasteiger partial charge in [-0.2, -0.15) is 0 Å². The van der Waals surface area contributed by atoms with Crippen molar-refractivity contribution in [3.8, 4) is 5.75 Å². The van der Waals surface area contributed by atoms with Gasteiger partial charge in [0.2, 0.25) is 0 Å². The van der Waals surface area contributed by atoms with E-state index in [1.165, 1.54) is 11.1 Å². The Morgan fingerprint density at radius 2 is 1.95 bits per heavy atom. The Balaban J connectivity index is 2.25. The van der Waals surface area contributed by atoms with E-state index in [0.717, 1.165) is 22.2 Å². The van der Waals surface area contributed by atoms with Crippen molar-refractivity contribution in [1.82, 2.24) is 0 Å². The highest BCUT2D eigenvalue weighted by Gasteiger charge is 2.13. The first kappa shape index (κ1) is 14.1. The normalized spacial score (nSPS) is 12.2. The van der Waals surface area contributed by atoms with Crippen LogP contribution in [0.1, 0.15) is 22.7 Å². The van der Waals surface area contributed by atoms with Gasteiger partial charge in [-0.3, -0.25) is 0 Å². The monoisotopic (exact) mass is 319 g/mol. The average molecular weight is 320 g/mol. The van der Waals surface area contributed by atoms with E-state index in [4.69, 9.17) is 10.5 Å². The number of halogens is 1. The van der Waals surface area contributed by atoms with E-state index in [1.807, 2.05) is 31.2 Å². The molecule has 0 aliphatic heterocycles. The van der Waals surface area contributed by atoms with E-state index in [2.05, 4.69) is 34.1 Å². The second kappa shape index (κ2) is 6.22. The standard InChI is InChI=1S/C16H18BrNO/c1-11-7-8-13(16(9-11)19-2)15(18)10-12-5-3-4-6-14(12)17/h3-9,15H,10,18H2,1-2H3. The van der Waals surface area contributed by atoms with E-state index in [9.17, 15) is 0 Å². The topological polar surface area (TPSA) is 35.2 Å². The van der Waals surface area contributed by atoms with Gasteiger partial charge in [-0.15, -0.1) is 0 Å². The van der Waals surface area contributed by atoms with Crippen molar-refractivity contribution in [2.24, 2.45) is 5.73 Å². The van der Waals surface area contributed by atoms with Crippen LogP contribution in [0.2, 0.25) is 0 Å². The summed E-state index contributed by atoms with van der Waals surface area (Å²) in [7, 11) is 1.68. The Morgan fingerprint density at radius 1 is 1.21 bits per heavy atom. The van der Waals surface area contributed by atoms with Gasteiger partial charge >= 0.3 is 0 Å². The van der Waals surface area contributed by atoms with Gasteiger partial charge in [-0.05, 0) is 36.6 Å². The molecule has 0 aliphatic carbocycles. The molecule has 0 bridgehead atoms. The zero-order chi connectivity index (χ0) is 13.8. The lowest BCUT2D eigenvalue weighted by atomic mass is 9.98. The molecule has 2 rings (SSSR count). The van der Waals surface area contributed by atoms with Gasteiger partial charge < -0.3 is 10.5 Å². The Hall–Kier alpha value is -1.32. The van der Waals surface area contributed by atoms with Crippen molar-refractivity contribution in [1.29, 1.82) is 0 Å². The number of benzene rings is 2. The van der Waals surface area contributed by atoms with Gasteiger partial charge in [-0.25, -0.2) is 0 Å². The van der Waals surface area contributed by atoms with Crippen LogP contribution in [-0.2, 0) is 6.42 Å². The van der Waals surface area contributed by atoms with Gasteiger partial charge in [0.05, 0.1) is 7.11 Å². The predicted octanol–water partition coefficient (Wildman–Crippen LogP) is 4.01. The van der Waals surface area contributed by atoms with Crippen LogP contribution < -0.4 is 10.5 Å². The van der Waals surface area contributed by atoms with Crippen LogP contribution in [-0.4, -0.2) is 7.11 Å². The summed E-state index contributed by atoms with van der Waals surface area (Å²) in [4.78, 5) is 0. The van der Waals surface area contributed by atoms with Crippen molar-refractivity contribution in [3.63, 3.8) is 0 Å². The van der Waals surface area contributed by atoms with E-state index >= 15 is 0 Å². The first-order chi connectivity index (χ1) is 9.11. The van der Waals surface area contributed by atoms with Gasteiger partial charge in [0.15, 0.2) is 0 Å². The van der Waals surface area contributed by atoms with Crippen molar-refractivity contribution >= 4 is 15.9 Å². The van der Waals surface area contributed by atoms with Crippen LogP contribution in [0.4, 0.5) is 0 Å². The van der Waals surface area contributed by atoms with Crippen molar-refractivity contribution in [2.45, 2.75) is 19.4 Å². The molecule has 0 radical (unpaired) electrons. The summed E-state index contributed by atoms with van der Waals surface area (Å²) in [6.07, 6.45) is 0.779. The highest BCUT2D eigenvalue weighted by Crippen LogP contribution is 2.29. The number of hydrogen-bond donors (Lipinski definition) is 1. The summed E-state index contributed by atoms with van der Waals surface area (Å²) in [6.45, 7) is 2.05. The van der Waals surface area contributed by atoms with E-state index < -0.39 is 0 Å². The number of aryl methyl sites for hydroxylation is 1.